The zero-order valence-corrected chi connectivity index (χ0v) is 13.8. The molecule has 0 bridgehead atoms. The van der Waals surface area contributed by atoms with Crippen LogP contribution in [0.2, 0.25) is 0 Å². The second-order valence-electron chi connectivity index (χ2n) is 6.42. The van der Waals surface area contributed by atoms with E-state index in [-0.39, 0.29) is 17.9 Å². The van der Waals surface area contributed by atoms with Gasteiger partial charge < -0.3 is 14.5 Å². The third-order valence-electron chi connectivity index (χ3n) is 4.96. The Labute approximate surface area is 137 Å². The highest BCUT2D eigenvalue weighted by Crippen LogP contribution is 2.25. The van der Waals surface area contributed by atoms with Crippen LogP contribution in [0.25, 0.3) is 0 Å². The lowest BCUT2D eigenvalue weighted by Crippen LogP contribution is -2.55. The molecule has 1 aromatic carbocycles. The van der Waals surface area contributed by atoms with E-state index in [1.807, 2.05) is 23.1 Å². The number of hydrogen-bond acceptors (Lipinski definition) is 3. The highest BCUT2D eigenvalue weighted by molar-refractivity contribution is 5.88. The van der Waals surface area contributed by atoms with Crippen molar-refractivity contribution in [3.63, 3.8) is 0 Å². The predicted molar refractivity (Wildman–Crippen MR) is 86.8 cm³/mol. The van der Waals surface area contributed by atoms with Gasteiger partial charge in [0.05, 0.1) is 6.10 Å². The second kappa shape index (κ2) is 6.71. The lowest BCUT2D eigenvalue weighted by Gasteiger charge is -2.40. The van der Waals surface area contributed by atoms with Gasteiger partial charge in [-0.25, -0.2) is 0 Å². The van der Waals surface area contributed by atoms with E-state index in [0.717, 1.165) is 24.9 Å². The Kier molecular flexibility index (Phi) is 4.66. The van der Waals surface area contributed by atoms with Gasteiger partial charge >= 0.3 is 0 Å². The molecule has 0 radical (unpaired) electrons. The number of piperidine rings is 1. The van der Waals surface area contributed by atoms with Gasteiger partial charge in [0.25, 0.3) is 0 Å². The maximum Gasteiger partial charge on any atom is 0.245 e. The van der Waals surface area contributed by atoms with E-state index in [1.54, 1.807) is 18.9 Å². The fraction of sp³-hybridized carbons (Fsp3) is 0.556. The monoisotopic (exact) mass is 316 g/mol. The molecule has 1 saturated heterocycles. The SMILES string of the molecule is CO[C@@H]1CCCN(C(=O)[C@@H]2Cc3ccccc3CN2C(C)=O)C1. The summed E-state index contributed by atoms with van der Waals surface area (Å²) in [6, 6.07) is 7.67. The Morgan fingerprint density at radius 1 is 1.22 bits per heavy atom. The van der Waals surface area contributed by atoms with Crippen LogP contribution in [0.5, 0.6) is 0 Å². The predicted octanol–water partition coefficient (Wildman–Crippen LogP) is 1.60. The van der Waals surface area contributed by atoms with Crippen molar-refractivity contribution in [1.29, 1.82) is 0 Å². The maximum atomic E-state index is 13.0. The number of methoxy groups -OCH3 is 1. The molecule has 0 spiro atoms. The third-order valence-corrected chi connectivity index (χ3v) is 4.96. The molecule has 1 aromatic rings. The quantitative estimate of drug-likeness (QED) is 0.833. The van der Waals surface area contributed by atoms with Crippen LogP contribution in [0, 0.1) is 0 Å². The lowest BCUT2D eigenvalue weighted by molar-refractivity contribution is -0.148. The van der Waals surface area contributed by atoms with Crippen molar-refractivity contribution >= 4 is 11.8 Å². The van der Waals surface area contributed by atoms with Gasteiger partial charge in [0.2, 0.25) is 11.8 Å². The third kappa shape index (κ3) is 3.24. The van der Waals surface area contributed by atoms with Crippen molar-refractivity contribution < 1.29 is 14.3 Å². The second-order valence-corrected chi connectivity index (χ2v) is 6.42. The smallest absolute Gasteiger partial charge is 0.245 e. The Balaban J connectivity index is 1.81. The number of nitrogens with zero attached hydrogens (tertiary/aromatic N) is 2. The van der Waals surface area contributed by atoms with Crippen LogP contribution >= 0.6 is 0 Å². The number of rotatable bonds is 2. The van der Waals surface area contributed by atoms with Crippen molar-refractivity contribution in [2.24, 2.45) is 0 Å². The van der Waals surface area contributed by atoms with E-state index < -0.39 is 6.04 Å². The number of likely N-dealkylation sites (tertiary alicyclic amines) is 1. The number of fused-ring (bicyclic) bond motifs is 1. The zero-order valence-electron chi connectivity index (χ0n) is 13.8. The number of carbonyl (C=O) groups excluding carboxylic acids is 2. The number of ether oxygens (including phenoxy) is 1. The van der Waals surface area contributed by atoms with Gasteiger partial charge in [-0.3, -0.25) is 9.59 Å². The van der Waals surface area contributed by atoms with Gasteiger partial charge in [0.15, 0.2) is 0 Å². The zero-order chi connectivity index (χ0) is 16.4. The largest absolute Gasteiger partial charge is 0.380 e. The molecule has 2 amide bonds. The molecule has 0 aliphatic carbocycles. The molecule has 23 heavy (non-hydrogen) atoms. The lowest BCUT2D eigenvalue weighted by atomic mass is 9.92. The molecular formula is C18H24N2O3. The summed E-state index contributed by atoms with van der Waals surface area (Å²) in [6.07, 6.45) is 2.65. The minimum atomic E-state index is -0.391. The average molecular weight is 316 g/mol. The molecule has 2 aliphatic heterocycles. The summed E-state index contributed by atoms with van der Waals surface area (Å²) in [7, 11) is 1.69. The molecule has 0 saturated carbocycles. The summed E-state index contributed by atoms with van der Waals surface area (Å²) >= 11 is 0. The molecule has 124 valence electrons. The molecular weight excluding hydrogens is 292 g/mol. The van der Waals surface area contributed by atoms with Crippen molar-refractivity contribution in [2.45, 2.75) is 44.9 Å². The van der Waals surface area contributed by atoms with Gasteiger partial charge in [0.1, 0.15) is 6.04 Å². The minimum absolute atomic E-state index is 0.0434. The number of benzene rings is 1. The summed E-state index contributed by atoms with van der Waals surface area (Å²) in [6.45, 7) is 3.44. The molecule has 0 aromatic heterocycles. The first-order chi connectivity index (χ1) is 11.1. The Hall–Kier alpha value is -1.88. The average Bonchev–Trinajstić information content (AvgIpc) is 2.59. The number of amides is 2. The highest BCUT2D eigenvalue weighted by atomic mass is 16.5. The molecule has 2 atom stereocenters. The van der Waals surface area contributed by atoms with Gasteiger partial charge in [-0.2, -0.15) is 0 Å². The molecule has 2 aliphatic rings. The van der Waals surface area contributed by atoms with E-state index >= 15 is 0 Å². The van der Waals surface area contributed by atoms with Gasteiger partial charge in [0, 0.05) is 40.1 Å². The molecule has 3 rings (SSSR count). The van der Waals surface area contributed by atoms with Crippen molar-refractivity contribution in [3.05, 3.63) is 35.4 Å². The van der Waals surface area contributed by atoms with E-state index in [9.17, 15) is 9.59 Å². The van der Waals surface area contributed by atoms with Gasteiger partial charge in [-0.15, -0.1) is 0 Å². The van der Waals surface area contributed by atoms with Gasteiger partial charge in [-0.1, -0.05) is 24.3 Å². The first-order valence-electron chi connectivity index (χ1n) is 8.25. The highest BCUT2D eigenvalue weighted by Gasteiger charge is 2.36. The number of carbonyl (C=O) groups is 2. The summed E-state index contributed by atoms with van der Waals surface area (Å²) in [5.41, 5.74) is 2.31. The fourth-order valence-corrected chi connectivity index (χ4v) is 3.62. The first-order valence-corrected chi connectivity index (χ1v) is 8.25. The van der Waals surface area contributed by atoms with E-state index in [0.29, 0.717) is 19.5 Å². The molecule has 2 heterocycles. The summed E-state index contributed by atoms with van der Waals surface area (Å²) in [5.74, 6) is 0.00890. The van der Waals surface area contributed by atoms with E-state index in [2.05, 4.69) is 6.07 Å². The van der Waals surface area contributed by atoms with Crippen molar-refractivity contribution in [2.75, 3.05) is 20.2 Å². The molecule has 0 N–H and O–H groups in total. The van der Waals surface area contributed by atoms with Crippen molar-refractivity contribution in [1.82, 2.24) is 9.80 Å². The minimum Gasteiger partial charge on any atom is -0.380 e. The van der Waals surface area contributed by atoms with Gasteiger partial charge in [-0.05, 0) is 24.0 Å². The Morgan fingerprint density at radius 3 is 2.65 bits per heavy atom. The van der Waals surface area contributed by atoms with Crippen LogP contribution in [-0.4, -0.2) is 54.0 Å². The first kappa shape index (κ1) is 16.0. The van der Waals surface area contributed by atoms with Crippen molar-refractivity contribution in [3.8, 4) is 0 Å². The van der Waals surface area contributed by atoms with Crippen LogP contribution in [0.4, 0.5) is 0 Å². The summed E-state index contributed by atoms with van der Waals surface area (Å²) in [4.78, 5) is 28.6. The Morgan fingerprint density at radius 2 is 1.96 bits per heavy atom. The summed E-state index contributed by atoms with van der Waals surface area (Å²) < 4.78 is 5.41. The molecule has 0 unspecified atom stereocenters. The molecule has 5 nitrogen and oxygen atoms in total. The normalized spacial score (nSPS) is 24.3. The van der Waals surface area contributed by atoms with Crippen LogP contribution in [0.1, 0.15) is 30.9 Å². The summed E-state index contributed by atoms with van der Waals surface area (Å²) in [5, 5.41) is 0. The molecule has 5 heteroatoms. The number of hydrogen-bond donors (Lipinski definition) is 0. The van der Waals surface area contributed by atoms with E-state index in [4.69, 9.17) is 4.74 Å². The molecule has 1 fully saturated rings. The fourth-order valence-electron chi connectivity index (χ4n) is 3.62. The van der Waals surface area contributed by atoms with Crippen LogP contribution in [0.15, 0.2) is 24.3 Å². The van der Waals surface area contributed by atoms with E-state index in [1.165, 1.54) is 5.56 Å². The maximum absolute atomic E-state index is 13.0. The Bertz CT molecular complexity index is 602. The van der Waals surface area contributed by atoms with Crippen LogP contribution in [0.3, 0.4) is 0 Å². The standard InChI is InChI=1S/C18H24N2O3/c1-13(21)20-11-15-7-4-3-6-14(15)10-17(20)18(22)19-9-5-8-16(12-19)23-2/h3-4,6-7,16-17H,5,8-12H2,1-2H3/t16-,17+/m1/s1. The van der Waals surface area contributed by atoms with Crippen LogP contribution in [-0.2, 0) is 27.3 Å². The topological polar surface area (TPSA) is 49.9 Å². The van der Waals surface area contributed by atoms with Crippen LogP contribution < -0.4 is 0 Å².